The first-order valence-electron chi connectivity index (χ1n) is 6.55. The molecule has 1 N–H and O–H groups in total. The molecular weight excluding hydrogens is 312 g/mol. The van der Waals surface area contributed by atoms with Crippen molar-refractivity contribution in [2.24, 2.45) is 0 Å². The fraction of sp³-hybridized carbons (Fsp3) is 0.571. The standard InChI is InChI=1S/C14H20BrClN2/c1-11(10-18-6-2-3-7-18)17-9-12-4-5-14(16)13(15)8-12/h4-5,8,11,17H,2-3,6-7,9-10H2,1H3. The van der Waals surface area contributed by atoms with E-state index in [2.05, 4.69) is 45.2 Å². The Balaban J connectivity index is 1.77. The van der Waals surface area contributed by atoms with Gasteiger partial charge in [0.05, 0.1) is 5.02 Å². The summed E-state index contributed by atoms with van der Waals surface area (Å²) < 4.78 is 0.968. The maximum Gasteiger partial charge on any atom is 0.0548 e. The highest BCUT2D eigenvalue weighted by atomic mass is 79.9. The Morgan fingerprint density at radius 2 is 2.11 bits per heavy atom. The Kier molecular flexibility index (Phi) is 5.49. The molecular formula is C14H20BrClN2. The van der Waals surface area contributed by atoms with E-state index in [-0.39, 0.29) is 0 Å². The van der Waals surface area contributed by atoms with Gasteiger partial charge < -0.3 is 10.2 Å². The van der Waals surface area contributed by atoms with Crippen molar-refractivity contribution in [3.63, 3.8) is 0 Å². The van der Waals surface area contributed by atoms with Crippen LogP contribution >= 0.6 is 27.5 Å². The van der Waals surface area contributed by atoms with E-state index in [0.29, 0.717) is 6.04 Å². The number of rotatable bonds is 5. The molecule has 18 heavy (non-hydrogen) atoms. The lowest BCUT2D eigenvalue weighted by molar-refractivity contribution is 0.298. The van der Waals surface area contributed by atoms with E-state index in [4.69, 9.17) is 11.6 Å². The van der Waals surface area contributed by atoms with Gasteiger partial charge in [-0.05, 0) is 66.5 Å². The normalized spacial score (nSPS) is 18.2. The average Bonchev–Trinajstić information content (AvgIpc) is 2.83. The summed E-state index contributed by atoms with van der Waals surface area (Å²) in [5.41, 5.74) is 1.26. The van der Waals surface area contributed by atoms with Crippen LogP contribution in [0.3, 0.4) is 0 Å². The van der Waals surface area contributed by atoms with Crippen LogP contribution in [-0.2, 0) is 6.54 Å². The van der Waals surface area contributed by atoms with Gasteiger partial charge in [-0.3, -0.25) is 0 Å². The topological polar surface area (TPSA) is 15.3 Å². The maximum absolute atomic E-state index is 5.98. The fourth-order valence-corrected chi connectivity index (χ4v) is 2.90. The molecule has 0 amide bonds. The van der Waals surface area contributed by atoms with Gasteiger partial charge in [0.1, 0.15) is 0 Å². The third-order valence-electron chi connectivity index (χ3n) is 3.37. The van der Waals surface area contributed by atoms with Gasteiger partial charge in [0.2, 0.25) is 0 Å². The van der Waals surface area contributed by atoms with Crippen molar-refractivity contribution < 1.29 is 0 Å². The Bertz CT molecular complexity index is 391. The summed E-state index contributed by atoms with van der Waals surface area (Å²) in [6.07, 6.45) is 2.72. The molecule has 1 saturated heterocycles. The summed E-state index contributed by atoms with van der Waals surface area (Å²) in [7, 11) is 0. The predicted octanol–water partition coefficient (Wildman–Crippen LogP) is 3.68. The van der Waals surface area contributed by atoms with E-state index in [1.54, 1.807) is 0 Å². The smallest absolute Gasteiger partial charge is 0.0548 e. The van der Waals surface area contributed by atoms with Crippen molar-refractivity contribution in [1.29, 1.82) is 0 Å². The van der Waals surface area contributed by atoms with Crippen molar-refractivity contribution in [2.45, 2.75) is 32.4 Å². The third-order valence-corrected chi connectivity index (χ3v) is 4.58. The summed E-state index contributed by atoms with van der Waals surface area (Å²) in [5, 5.41) is 4.33. The highest BCUT2D eigenvalue weighted by Crippen LogP contribution is 2.23. The van der Waals surface area contributed by atoms with E-state index in [1.165, 1.54) is 31.5 Å². The van der Waals surface area contributed by atoms with Gasteiger partial charge in [-0.25, -0.2) is 0 Å². The molecule has 1 aliphatic heterocycles. The lowest BCUT2D eigenvalue weighted by Crippen LogP contribution is -2.37. The number of nitrogens with one attached hydrogen (secondary N) is 1. The SMILES string of the molecule is CC(CN1CCCC1)NCc1ccc(Cl)c(Br)c1. The van der Waals surface area contributed by atoms with Gasteiger partial charge in [-0.15, -0.1) is 0 Å². The molecule has 0 aromatic heterocycles. The highest BCUT2D eigenvalue weighted by Gasteiger charge is 2.14. The summed E-state index contributed by atoms with van der Waals surface area (Å²) in [5.74, 6) is 0. The van der Waals surface area contributed by atoms with Crippen LogP contribution in [0.5, 0.6) is 0 Å². The van der Waals surface area contributed by atoms with Gasteiger partial charge in [0.25, 0.3) is 0 Å². The number of hydrogen-bond donors (Lipinski definition) is 1. The summed E-state index contributed by atoms with van der Waals surface area (Å²) in [6.45, 7) is 6.82. The second-order valence-electron chi connectivity index (χ2n) is 5.04. The molecule has 0 spiro atoms. The largest absolute Gasteiger partial charge is 0.309 e. The quantitative estimate of drug-likeness (QED) is 0.885. The van der Waals surface area contributed by atoms with Gasteiger partial charge in [0, 0.05) is 23.6 Å². The van der Waals surface area contributed by atoms with Crippen LogP contribution in [-0.4, -0.2) is 30.6 Å². The molecule has 1 heterocycles. The van der Waals surface area contributed by atoms with Crippen molar-refractivity contribution in [2.75, 3.05) is 19.6 Å². The molecule has 0 aliphatic carbocycles. The van der Waals surface area contributed by atoms with E-state index in [1.807, 2.05) is 6.07 Å². The minimum absolute atomic E-state index is 0.526. The van der Waals surface area contributed by atoms with Crippen LogP contribution in [0, 0.1) is 0 Å². The molecule has 0 bridgehead atoms. The zero-order chi connectivity index (χ0) is 13.0. The number of likely N-dealkylation sites (tertiary alicyclic amines) is 1. The Labute approximate surface area is 123 Å². The molecule has 100 valence electrons. The lowest BCUT2D eigenvalue weighted by atomic mass is 10.2. The van der Waals surface area contributed by atoms with Crippen LogP contribution in [0.25, 0.3) is 0 Å². The van der Waals surface area contributed by atoms with Gasteiger partial charge in [-0.2, -0.15) is 0 Å². The zero-order valence-corrected chi connectivity index (χ0v) is 13.1. The van der Waals surface area contributed by atoms with E-state index in [9.17, 15) is 0 Å². The molecule has 0 radical (unpaired) electrons. The lowest BCUT2D eigenvalue weighted by Gasteiger charge is -2.21. The first-order chi connectivity index (χ1) is 8.65. The van der Waals surface area contributed by atoms with Crippen LogP contribution in [0.15, 0.2) is 22.7 Å². The fourth-order valence-electron chi connectivity index (χ4n) is 2.36. The van der Waals surface area contributed by atoms with Crippen molar-refractivity contribution in [3.05, 3.63) is 33.3 Å². The van der Waals surface area contributed by atoms with Crippen LogP contribution in [0.4, 0.5) is 0 Å². The highest BCUT2D eigenvalue weighted by molar-refractivity contribution is 9.10. The molecule has 2 rings (SSSR count). The second-order valence-corrected chi connectivity index (χ2v) is 6.30. The van der Waals surface area contributed by atoms with E-state index >= 15 is 0 Å². The Morgan fingerprint density at radius 1 is 1.39 bits per heavy atom. The van der Waals surface area contributed by atoms with Gasteiger partial charge in [-0.1, -0.05) is 17.7 Å². The van der Waals surface area contributed by atoms with Crippen molar-refractivity contribution in [1.82, 2.24) is 10.2 Å². The summed E-state index contributed by atoms with van der Waals surface area (Å²) >= 11 is 9.44. The molecule has 1 aromatic carbocycles. The maximum atomic E-state index is 5.98. The first-order valence-corrected chi connectivity index (χ1v) is 7.72. The molecule has 1 aromatic rings. The Morgan fingerprint density at radius 3 is 2.78 bits per heavy atom. The number of hydrogen-bond acceptors (Lipinski definition) is 2. The molecule has 0 saturated carbocycles. The summed E-state index contributed by atoms with van der Waals surface area (Å²) in [4.78, 5) is 2.54. The number of nitrogens with zero attached hydrogens (tertiary/aromatic N) is 1. The molecule has 1 unspecified atom stereocenters. The minimum atomic E-state index is 0.526. The minimum Gasteiger partial charge on any atom is -0.309 e. The van der Waals surface area contributed by atoms with Crippen molar-refractivity contribution in [3.8, 4) is 0 Å². The molecule has 1 aliphatic rings. The second kappa shape index (κ2) is 6.90. The van der Waals surface area contributed by atoms with E-state index in [0.717, 1.165) is 22.6 Å². The van der Waals surface area contributed by atoms with Crippen LogP contribution < -0.4 is 5.32 Å². The zero-order valence-electron chi connectivity index (χ0n) is 10.8. The molecule has 2 nitrogen and oxygen atoms in total. The average molecular weight is 332 g/mol. The molecule has 4 heteroatoms. The number of benzene rings is 1. The predicted molar refractivity (Wildman–Crippen MR) is 81.1 cm³/mol. The summed E-state index contributed by atoms with van der Waals surface area (Å²) in [6, 6.07) is 6.62. The van der Waals surface area contributed by atoms with Gasteiger partial charge in [0.15, 0.2) is 0 Å². The van der Waals surface area contributed by atoms with E-state index < -0.39 is 0 Å². The first kappa shape index (κ1) is 14.3. The molecule has 1 fully saturated rings. The van der Waals surface area contributed by atoms with Crippen LogP contribution in [0.1, 0.15) is 25.3 Å². The van der Waals surface area contributed by atoms with Crippen molar-refractivity contribution >= 4 is 27.5 Å². The van der Waals surface area contributed by atoms with Crippen LogP contribution in [0.2, 0.25) is 5.02 Å². The third kappa shape index (κ3) is 4.23. The molecule has 1 atom stereocenters. The number of halogens is 2. The van der Waals surface area contributed by atoms with Gasteiger partial charge >= 0.3 is 0 Å². The monoisotopic (exact) mass is 330 g/mol. The Hall–Kier alpha value is -0.0900.